The number of allylic oxidation sites excluding steroid dienone is 4. The van der Waals surface area contributed by atoms with Gasteiger partial charge in [-0.1, -0.05) is 49.6 Å². The second kappa shape index (κ2) is 9.56. The summed E-state index contributed by atoms with van der Waals surface area (Å²) in [6, 6.07) is 0.740. The van der Waals surface area contributed by atoms with Crippen LogP contribution in [0.1, 0.15) is 39.0 Å². The third kappa shape index (κ3) is 5.87. The molecule has 23 heavy (non-hydrogen) atoms. The number of amides is 1. The summed E-state index contributed by atoms with van der Waals surface area (Å²) in [5.41, 5.74) is 1.09. The van der Waals surface area contributed by atoms with E-state index in [2.05, 4.69) is 11.5 Å². The van der Waals surface area contributed by atoms with Crippen molar-refractivity contribution < 1.29 is 9.53 Å². The lowest BCUT2D eigenvalue weighted by Crippen LogP contribution is -2.52. The van der Waals surface area contributed by atoms with Crippen LogP contribution in [0.4, 0.5) is 4.79 Å². The van der Waals surface area contributed by atoms with Gasteiger partial charge >= 0.3 is 6.09 Å². The number of nitrogens with zero attached hydrogens (tertiary/aromatic N) is 2. The molecular formula is C19H30N2O2. The van der Waals surface area contributed by atoms with Gasteiger partial charge in [-0.25, -0.2) is 4.79 Å². The van der Waals surface area contributed by atoms with Crippen LogP contribution in [0.15, 0.2) is 36.5 Å². The van der Waals surface area contributed by atoms with Crippen molar-refractivity contribution in [3.63, 3.8) is 0 Å². The van der Waals surface area contributed by atoms with Crippen molar-refractivity contribution in [2.75, 3.05) is 32.8 Å². The van der Waals surface area contributed by atoms with E-state index >= 15 is 0 Å². The van der Waals surface area contributed by atoms with E-state index in [0.29, 0.717) is 6.61 Å². The van der Waals surface area contributed by atoms with Crippen LogP contribution in [0.3, 0.4) is 0 Å². The fourth-order valence-electron chi connectivity index (χ4n) is 3.40. The molecule has 2 rings (SSSR count). The van der Waals surface area contributed by atoms with E-state index in [-0.39, 0.29) is 6.09 Å². The molecule has 1 saturated heterocycles. The molecule has 0 N–H and O–H groups in total. The quantitative estimate of drug-likeness (QED) is 0.724. The summed E-state index contributed by atoms with van der Waals surface area (Å²) in [4.78, 5) is 16.5. The molecule has 4 nitrogen and oxygen atoms in total. The average molecular weight is 318 g/mol. The molecule has 4 heteroatoms. The van der Waals surface area contributed by atoms with Crippen LogP contribution in [0.2, 0.25) is 0 Å². The maximum atomic E-state index is 12.1. The van der Waals surface area contributed by atoms with Crippen LogP contribution >= 0.6 is 0 Å². The first-order valence-electron chi connectivity index (χ1n) is 8.82. The minimum Gasteiger partial charge on any atom is -0.445 e. The van der Waals surface area contributed by atoms with Crippen LogP contribution in [0.25, 0.3) is 0 Å². The number of ether oxygens (including phenoxy) is 1. The van der Waals surface area contributed by atoms with Gasteiger partial charge in [0, 0.05) is 32.2 Å². The van der Waals surface area contributed by atoms with Crippen LogP contribution in [-0.2, 0) is 4.74 Å². The standard InChI is InChI=1S/C19H30N2O2/c1-3-8-17(2)9-7-16-23-19(22)21-14-12-20(13-15-21)18-10-5-4-6-11-18/h3,7-9,18H,1,4-6,10-16H2,2H3/b9-7-,17-8-. The lowest BCUT2D eigenvalue weighted by atomic mass is 9.94. The van der Waals surface area contributed by atoms with E-state index in [1.54, 1.807) is 6.08 Å². The molecule has 1 heterocycles. The predicted molar refractivity (Wildman–Crippen MR) is 94.5 cm³/mol. The van der Waals surface area contributed by atoms with Gasteiger partial charge in [-0.15, -0.1) is 0 Å². The molecule has 0 bridgehead atoms. The van der Waals surface area contributed by atoms with E-state index in [1.165, 1.54) is 32.1 Å². The maximum Gasteiger partial charge on any atom is 0.410 e. The Labute approximate surface area is 140 Å². The molecule has 0 aromatic heterocycles. The Balaban J connectivity index is 1.67. The van der Waals surface area contributed by atoms with Gasteiger partial charge in [0.1, 0.15) is 6.61 Å². The van der Waals surface area contributed by atoms with Crippen LogP contribution in [0.5, 0.6) is 0 Å². The Bertz CT molecular complexity index is 442. The zero-order chi connectivity index (χ0) is 16.5. The second-order valence-corrected chi connectivity index (χ2v) is 6.44. The fourth-order valence-corrected chi connectivity index (χ4v) is 3.40. The summed E-state index contributed by atoms with van der Waals surface area (Å²) in [5, 5.41) is 0. The van der Waals surface area contributed by atoms with Crippen molar-refractivity contribution in [3.05, 3.63) is 36.5 Å². The molecule has 0 unspecified atom stereocenters. The average Bonchev–Trinajstić information content (AvgIpc) is 2.60. The summed E-state index contributed by atoms with van der Waals surface area (Å²) < 4.78 is 5.32. The Morgan fingerprint density at radius 2 is 1.87 bits per heavy atom. The summed E-state index contributed by atoms with van der Waals surface area (Å²) in [7, 11) is 0. The first kappa shape index (κ1) is 17.8. The molecule has 0 radical (unpaired) electrons. The van der Waals surface area contributed by atoms with Gasteiger partial charge in [0.15, 0.2) is 0 Å². The molecule has 0 aromatic carbocycles. The Morgan fingerprint density at radius 1 is 1.17 bits per heavy atom. The highest BCUT2D eigenvalue weighted by Gasteiger charge is 2.27. The van der Waals surface area contributed by atoms with Crippen molar-refractivity contribution in [2.45, 2.75) is 45.1 Å². The summed E-state index contributed by atoms with van der Waals surface area (Å²) in [6.07, 6.45) is 14.0. The number of hydrogen-bond acceptors (Lipinski definition) is 3. The minimum absolute atomic E-state index is 0.191. The first-order valence-corrected chi connectivity index (χ1v) is 8.82. The van der Waals surface area contributed by atoms with Crippen LogP contribution in [-0.4, -0.2) is 54.7 Å². The van der Waals surface area contributed by atoms with Crippen molar-refractivity contribution in [3.8, 4) is 0 Å². The zero-order valence-corrected chi connectivity index (χ0v) is 14.4. The monoisotopic (exact) mass is 318 g/mol. The number of piperazine rings is 1. The van der Waals surface area contributed by atoms with Crippen molar-refractivity contribution in [1.82, 2.24) is 9.80 Å². The van der Waals surface area contributed by atoms with Crippen molar-refractivity contribution >= 4 is 6.09 Å². The zero-order valence-electron chi connectivity index (χ0n) is 14.4. The Kier molecular flexibility index (Phi) is 7.40. The van der Waals surface area contributed by atoms with Gasteiger partial charge < -0.3 is 9.64 Å². The van der Waals surface area contributed by atoms with Crippen LogP contribution < -0.4 is 0 Å². The predicted octanol–water partition coefficient (Wildman–Crippen LogP) is 3.76. The Hall–Kier alpha value is -1.55. The summed E-state index contributed by atoms with van der Waals surface area (Å²) >= 11 is 0. The minimum atomic E-state index is -0.191. The smallest absolute Gasteiger partial charge is 0.410 e. The lowest BCUT2D eigenvalue weighted by molar-refractivity contribution is 0.0604. The van der Waals surface area contributed by atoms with Crippen LogP contribution in [0, 0.1) is 0 Å². The molecule has 0 spiro atoms. The van der Waals surface area contributed by atoms with E-state index in [9.17, 15) is 4.79 Å². The van der Waals surface area contributed by atoms with Gasteiger partial charge in [0.25, 0.3) is 0 Å². The molecule has 0 atom stereocenters. The van der Waals surface area contributed by atoms with Gasteiger partial charge in [0.2, 0.25) is 0 Å². The third-order valence-corrected chi connectivity index (χ3v) is 4.73. The van der Waals surface area contributed by atoms with E-state index < -0.39 is 0 Å². The highest BCUT2D eigenvalue weighted by molar-refractivity contribution is 5.67. The van der Waals surface area contributed by atoms with E-state index in [4.69, 9.17) is 4.74 Å². The summed E-state index contributed by atoms with van der Waals surface area (Å²) in [5.74, 6) is 0. The Morgan fingerprint density at radius 3 is 2.52 bits per heavy atom. The van der Waals surface area contributed by atoms with E-state index in [1.807, 2.05) is 30.1 Å². The third-order valence-electron chi connectivity index (χ3n) is 4.73. The molecule has 1 aliphatic carbocycles. The molecule has 1 amide bonds. The SMILES string of the molecule is C=C/C=C(C)\C=C/COC(=O)N1CCN(C2CCCCC2)CC1. The highest BCUT2D eigenvalue weighted by atomic mass is 16.6. The molecule has 1 saturated carbocycles. The van der Waals surface area contributed by atoms with Gasteiger partial charge in [0.05, 0.1) is 0 Å². The highest BCUT2D eigenvalue weighted by Crippen LogP contribution is 2.23. The van der Waals surface area contributed by atoms with Crippen molar-refractivity contribution in [1.29, 1.82) is 0 Å². The molecule has 2 fully saturated rings. The summed E-state index contributed by atoms with van der Waals surface area (Å²) in [6.45, 7) is 9.50. The van der Waals surface area contributed by atoms with Crippen molar-refractivity contribution in [2.24, 2.45) is 0 Å². The lowest BCUT2D eigenvalue weighted by Gasteiger charge is -2.40. The fraction of sp³-hybridized carbons (Fsp3) is 0.632. The molecule has 128 valence electrons. The molecular weight excluding hydrogens is 288 g/mol. The van der Waals surface area contributed by atoms with Gasteiger partial charge in [-0.05, 0) is 25.8 Å². The number of carbonyl (C=O) groups excluding carboxylic acids is 1. The normalized spacial score (nSPS) is 21.6. The van der Waals surface area contributed by atoms with Gasteiger partial charge in [-0.2, -0.15) is 0 Å². The largest absolute Gasteiger partial charge is 0.445 e. The topological polar surface area (TPSA) is 32.8 Å². The van der Waals surface area contributed by atoms with E-state index in [0.717, 1.165) is 37.8 Å². The second-order valence-electron chi connectivity index (χ2n) is 6.44. The number of hydrogen-bond donors (Lipinski definition) is 0. The maximum absolute atomic E-state index is 12.1. The number of rotatable bonds is 5. The number of carbonyl (C=O) groups is 1. The molecule has 0 aromatic rings. The first-order chi connectivity index (χ1) is 11.2. The molecule has 2 aliphatic rings. The molecule has 1 aliphatic heterocycles. The van der Waals surface area contributed by atoms with Gasteiger partial charge in [-0.3, -0.25) is 4.90 Å².